The van der Waals surface area contributed by atoms with Gasteiger partial charge in [-0.25, -0.2) is 0 Å². The first kappa shape index (κ1) is 20.1. The molecule has 0 fully saturated rings. The molecule has 21 heavy (non-hydrogen) atoms. The van der Waals surface area contributed by atoms with Crippen molar-refractivity contribution in [2.24, 2.45) is 4.99 Å². The Balaban J connectivity index is 0.00000400. The van der Waals surface area contributed by atoms with Crippen LogP contribution in [0.25, 0.3) is 0 Å². The van der Waals surface area contributed by atoms with Crippen molar-refractivity contribution in [3.8, 4) is 0 Å². The molecule has 0 aliphatic heterocycles. The van der Waals surface area contributed by atoms with E-state index in [1.165, 1.54) is 0 Å². The molecule has 0 aliphatic rings. The number of hydrogen-bond acceptors (Lipinski definition) is 4. The molecule has 0 spiro atoms. The van der Waals surface area contributed by atoms with Crippen LogP contribution < -0.4 is 10.6 Å². The fourth-order valence-electron chi connectivity index (χ4n) is 1.71. The van der Waals surface area contributed by atoms with Crippen LogP contribution in [0.1, 0.15) is 25.5 Å². The largest absolute Gasteiger partial charge is 0.386 e. The van der Waals surface area contributed by atoms with Crippen LogP contribution in [0.15, 0.2) is 29.5 Å². The third-order valence-corrected chi connectivity index (χ3v) is 2.66. The second-order valence-corrected chi connectivity index (χ2v) is 4.52. The molecule has 120 valence electrons. The van der Waals surface area contributed by atoms with Crippen molar-refractivity contribution in [1.29, 1.82) is 0 Å². The Morgan fingerprint density at radius 2 is 2.10 bits per heavy atom. The van der Waals surface area contributed by atoms with Crippen LogP contribution in [0, 0.1) is 0 Å². The minimum atomic E-state index is -0.633. The van der Waals surface area contributed by atoms with Gasteiger partial charge in [-0.1, -0.05) is 0 Å². The Bertz CT molecular complexity index is 403. The smallest absolute Gasteiger partial charge is 0.191 e. The highest BCUT2D eigenvalue weighted by Gasteiger charge is 2.08. The van der Waals surface area contributed by atoms with Crippen LogP contribution in [0.5, 0.6) is 0 Å². The summed E-state index contributed by atoms with van der Waals surface area (Å²) in [6.07, 6.45) is 2.69. The molecule has 1 aromatic rings. The molecular weight excluding hydrogens is 383 g/mol. The number of nitrogens with one attached hydrogen (secondary N) is 2. The predicted molar refractivity (Wildman–Crippen MR) is 95.1 cm³/mol. The second-order valence-electron chi connectivity index (χ2n) is 4.52. The van der Waals surface area contributed by atoms with E-state index in [1.54, 1.807) is 31.6 Å². The van der Waals surface area contributed by atoms with Gasteiger partial charge in [-0.15, -0.1) is 24.0 Å². The number of guanidine groups is 1. The Hall–Kier alpha value is -0.930. The lowest BCUT2D eigenvalue weighted by atomic mass is 10.1. The number of rotatable bonds is 7. The maximum atomic E-state index is 10.1. The van der Waals surface area contributed by atoms with Gasteiger partial charge >= 0.3 is 0 Å². The Morgan fingerprint density at radius 3 is 2.67 bits per heavy atom. The van der Waals surface area contributed by atoms with Crippen LogP contribution in [0.3, 0.4) is 0 Å². The van der Waals surface area contributed by atoms with Gasteiger partial charge in [-0.05, 0) is 31.5 Å². The number of pyridine rings is 1. The zero-order chi connectivity index (χ0) is 14.8. The Labute approximate surface area is 143 Å². The predicted octanol–water partition coefficient (Wildman–Crippen LogP) is 1.32. The van der Waals surface area contributed by atoms with Crippen molar-refractivity contribution in [1.82, 2.24) is 15.6 Å². The molecule has 1 rings (SSSR count). The van der Waals surface area contributed by atoms with E-state index in [4.69, 9.17) is 4.74 Å². The van der Waals surface area contributed by atoms with Gasteiger partial charge in [-0.3, -0.25) is 9.98 Å². The Morgan fingerprint density at radius 1 is 1.43 bits per heavy atom. The molecule has 6 nitrogen and oxygen atoms in total. The van der Waals surface area contributed by atoms with Gasteiger partial charge in [0.15, 0.2) is 5.96 Å². The van der Waals surface area contributed by atoms with Gasteiger partial charge in [0.1, 0.15) is 0 Å². The van der Waals surface area contributed by atoms with Crippen LogP contribution in [0.2, 0.25) is 0 Å². The van der Waals surface area contributed by atoms with Crippen LogP contribution in [0.4, 0.5) is 0 Å². The lowest BCUT2D eigenvalue weighted by Gasteiger charge is -2.17. The summed E-state index contributed by atoms with van der Waals surface area (Å²) in [4.78, 5) is 8.31. The van der Waals surface area contributed by atoms with E-state index in [1.807, 2.05) is 13.8 Å². The van der Waals surface area contributed by atoms with E-state index in [-0.39, 0.29) is 30.0 Å². The first-order chi connectivity index (χ1) is 9.67. The van der Waals surface area contributed by atoms with Gasteiger partial charge < -0.3 is 20.5 Å². The summed E-state index contributed by atoms with van der Waals surface area (Å²) >= 11 is 0. The number of halogens is 1. The van der Waals surface area contributed by atoms with Gasteiger partial charge in [0.25, 0.3) is 0 Å². The first-order valence-electron chi connectivity index (χ1n) is 6.79. The molecule has 7 heteroatoms. The molecule has 0 radical (unpaired) electrons. The third-order valence-electron chi connectivity index (χ3n) is 2.66. The number of aliphatic hydroxyl groups excluding tert-OH is 1. The van der Waals surface area contributed by atoms with Crippen LogP contribution in [-0.2, 0) is 4.74 Å². The molecule has 0 aliphatic carbocycles. The Kier molecular flexibility index (Phi) is 11.2. The lowest BCUT2D eigenvalue weighted by molar-refractivity contribution is 0.178. The van der Waals surface area contributed by atoms with E-state index >= 15 is 0 Å². The average Bonchev–Trinajstić information content (AvgIpc) is 2.46. The number of ether oxygens (including phenoxy) is 1. The molecule has 0 saturated heterocycles. The zero-order valence-corrected chi connectivity index (χ0v) is 15.1. The van der Waals surface area contributed by atoms with Crippen molar-refractivity contribution >= 4 is 29.9 Å². The fourth-order valence-corrected chi connectivity index (χ4v) is 1.71. The number of aliphatic hydroxyl groups is 1. The average molecular weight is 408 g/mol. The maximum Gasteiger partial charge on any atom is 0.191 e. The van der Waals surface area contributed by atoms with E-state index < -0.39 is 6.10 Å². The minimum absolute atomic E-state index is 0. The van der Waals surface area contributed by atoms with Crippen molar-refractivity contribution in [3.63, 3.8) is 0 Å². The molecule has 1 heterocycles. The maximum absolute atomic E-state index is 10.1. The fraction of sp³-hybridized carbons (Fsp3) is 0.571. The number of hydrogen-bond donors (Lipinski definition) is 3. The molecule has 3 N–H and O–H groups in total. The van der Waals surface area contributed by atoms with E-state index in [0.29, 0.717) is 19.1 Å². The molecule has 0 bridgehead atoms. The quantitative estimate of drug-likeness (QED) is 0.361. The van der Waals surface area contributed by atoms with Gasteiger partial charge in [0, 0.05) is 32.1 Å². The SMILES string of the molecule is CCNC(=NCC(O)c1ccncc1)NC(C)COC.I. The lowest BCUT2D eigenvalue weighted by Crippen LogP contribution is -2.44. The van der Waals surface area contributed by atoms with Gasteiger partial charge in [-0.2, -0.15) is 0 Å². The van der Waals surface area contributed by atoms with Crippen molar-refractivity contribution in [3.05, 3.63) is 30.1 Å². The standard InChI is InChI=1S/C14H24N4O2.HI/c1-4-16-14(18-11(2)10-20-3)17-9-13(19)12-5-7-15-8-6-12;/h5-8,11,13,19H,4,9-10H2,1-3H3,(H2,16,17,18);1H. The van der Waals surface area contributed by atoms with Gasteiger partial charge in [0.05, 0.1) is 19.3 Å². The number of methoxy groups -OCH3 is 1. The summed E-state index contributed by atoms with van der Waals surface area (Å²) in [5.41, 5.74) is 0.810. The van der Waals surface area contributed by atoms with E-state index in [2.05, 4.69) is 20.6 Å². The highest BCUT2D eigenvalue weighted by Crippen LogP contribution is 2.10. The third kappa shape index (κ3) is 8.18. The highest BCUT2D eigenvalue weighted by atomic mass is 127. The summed E-state index contributed by atoms with van der Waals surface area (Å²) in [6.45, 7) is 5.65. The molecule has 0 saturated carbocycles. The van der Waals surface area contributed by atoms with Crippen molar-refractivity contribution < 1.29 is 9.84 Å². The van der Waals surface area contributed by atoms with Crippen molar-refractivity contribution in [2.75, 3.05) is 26.8 Å². The van der Waals surface area contributed by atoms with Crippen LogP contribution >= 0.6 is 24.0 Å². The molecule has 1 aromatic heterocycles. The molecule has 0 aromatic carbocycles. The topological polar surface area (TPSA) is 78.8 Å². The highest BCUT2D eigenvalue weighted by molar-refractivity contribution is 14.0. The van der Waals surface area contributed by atoms with Gasteiger partial charge in [0.2, 0.25) is 0 Å². The molecule has 0 amide bonds. The second kappa shape index (κ2) is 11.7. The van der Waals surface area contributed by atoms with E-state index in [0.717, 1.165) is 12.1 Å². The number of aromatic nitrogens is 1. The summed E-state index contributed by atoms with van der Waals surface area (Å²) in [6, 6.07) is 3.72. The summed E-state index contributed by atoms with van der Waals surface area (Å²) in [5.74, 6) is 0.671. The summed E-state index contributed by atoms with van der Waals surface area (Å²) < 4.78 is 5.08. The summed E-state index contributed by atoms with van der Waals surface area (Å²) in [7, 11) is 1.66. The number of nitrogens with zero attached hydrogens (tertiary/aromatic N) is 2. The zero-order valence-electron chi connectivity index (χ0n) is 12.7. The number of aliphatic imine (C=N–C) groups is 1. The van der Waals surface area contributed by atoms with E-state index in [9.17, 15) is 5.11 Å². The molecule has 2 atom stereocenters. The molecule has 2 unspecified atom stereocenters. The minimum Gasteiger partial charge on any atom is -0.386 e. The monoisotopic (exact) mass is 408 g/mol. The first-order valence-corrected chi connectivity index (χ1v) is 6.79. The molecular formula is C14H25IN4O2. The van der Waals surface area contributed by atoms with Crippen LogP contribution in [-0.4, -0.2) is 48.9 Å². The normalized spacial score (nSPS) is 14.0. The summed E-state index contributed by atoms with van der Waals surface area (Å²) in [5, 5.41) is 16.4. The van der Waals surface area contributed by atoms with Crippen molar-refractivity contribution in [2.45, 2.75) is 26.0 Å².